The number of nitrogens with one attached hydrogen (secondary N) is 2. The molecule has 0 aromatic heterocycles. The SMILES string of the molecule is O=C(NCc1ccccc1)Oc1ccccc1O[C@H](O)NCc1ccccc1. The molecule has 0 bridgehead atoms. The molecule has 3 rings (SSSR count). The van der Waals surface area contributed by atoms with E-state index < -0.39 is 12.5 Å². The van der Waals surface area contributed by atoms with Gasteiger partial charge in [-0.15, -0.1) is 0 Å². The Balaban J connectivity index is 1.52. The van der Waals surface area contributed by atoms with Crippen LogP contribution in [0.4, 0.5) is 4.79 Å². The summed E-state index contributed by atoms with van der Waals surface area (Å²) in [6, 6.07) is 25.8. The van der Waals surface area contributed by atoms with Crippen LogP contribution in [-0.4, -0.2) is 17.6 Å². The number of carbonyl (C=O) groups excluding carboxylic acids is 1. The number of aliphatic hydroxyl groups is 1. The van der Waals surface area contributed by atoms with Gasteiger partial charge in [0, 0.05) is 13.1 Å². The molecule has 1 amide bonds. The molecule has 0 aliphatic rings. The van der Waals surface area contributed by atoms with Crippen LogP contribution in [0, 0.1) is 0 Å². The number of amides is 1. The highest BCUT2D eigenvalue weighted by atomic mass is 16.6. The van der Waals surface area contributed by atoms with Gasteiger partial charge >= 0.3 is 6.09 Å². The van der Waals surface area contributed by atoms with Gasteiger partial charge in [-0.2, -0.15) is 0 Å². The van der Waals surface area contributed by atoms with Gasteiger partial charge in [0.15, 0.2) is 11.5 Å². The van der Waals surface area contributed by atoms with Crippen LogP contribution < -0.4 is 20.1 Å². The van der Waals surface area contributed by atoms with Crippen molar-refractivity contribution in [3.8, 4) is 11.5 Å². The molecule has 3 N–H and O–H groups in total. The summed E-state index contributed by atoms with van der Waals surface area (Å²) in [6.45, 7) is 0.784. The maximum absolute atomic E-state index is 12.1. The number of benzene rings is 3. The van der Waals surface area contributed by atoms with Crippen molar-refractivity contribution < 1.29 is 19.4 Å². The average Bonchev–Trinajstić information content (AvgIpc) is 2.74. The Morgan fingerprint density at radius 1 is 0.786 bits per heavy atom. The van der Waals surface area contributed by atoms with E-state index >= 15 is 0 Å². The quantitative estimate of drug-likeness (QED) is 0.524. The number of rotatable bonds is 8. The zero-order valence-corrected chi connectivity index (χ0v) is 15.2. The third-order valence-electron chi connectivity index (χ3n) is 3.89. The molecule has 0 aliphatic carbocycles. The maximum Gasteiger partial charge on any atom is 0.413 e. The van der Waals surface area contributed by atoms with Crippen LogP contribution in [0.3, 0.4) is 0 Å². The molecule has 1 atom stereocenters. The van der Waals surface area contributed by atoms with Crippen molar-refractivity contribution in [2.75, 3.05) is 0 Å². The molecular formula is C22H22N2O4. The van der Waals surface area contributed by atoms with Gasteiger partial charge in [0.2, 0.25) is 0 Å². The van der Waals surface area contributed by atoms with Crippen molar-refractivity contribution in [2.45, 2.75) is 19.5 Å². The molecule has 6 heteroatoms. The maximum atomic E-state index is 12.1. The summed E-state index contributed by atoms with van der Waals surface area (Å²) < 4.78 is 10.8. The summed E-state index contributed by atoms with van der Waals surface area (Å²) >= 11 is 0. The standard InChI is InChI=1S/C22H22N2O4/c25-21(23-15-17-9-3-1-4-10-17)27-19-13-7-8-14-20(19)28-22(26)24-16-18-11-5-2-6-12-18/h1-14,21,23,25H,15-16H2,(H,24,26)/t21-/m0/s1. The van der Waals surface area contributed by atoms with E-state index in [0.29, 0.717) is 13.1 Å². The first kappa shape index (κ1) is 19.4. The van der Waals surface area contributed by atoms with Crippen molar-refractivity contribution >= 4 is 6.09 Å². The highest BCUT2D eigenvalue weighted by Gasteiger charge is 2.13. The highest BCUT2D eigenvalue weighted by molar-refractivity contribution is 5.71. The number of aliphatic hydroxyl groups excluding tert-OH is 1. The van der Waals surface area contributed by atoms with E-state index in [0.717, 1.165) is 11.1 Å². The van der Waals surface area contributed by atoms with E-state index in [1.54, 1.807) is 24.3 Å². The summed E-state index contributed by atoms with van der Waals surface area (Å²) in [4.78, 5) is 12.1. The molecule has 0 saturated heterocycles. The van der Waals surface area contributed by atoms with Crippen LogP contribution >= 0.6 is 0 Å². The fourth-order valence-electron chi connectivity index (χ4n) is 2.50. The van der Waals surface area contributed by atoms with Gasteiger partial charge < -0.3 is 19.9 Å². The van der Waals surface area contributed by atoms with E-state index in [9.17, 15) is 9.90 Å². The molecule has 3 aromatic carbocycles. The molecule has 6 nitrogen and oxygen atoms in total. The van der Waals surface area contributed by atoms with Crippen molar-refractivity contribution in [2.24, 2.45) is 0 Å². The van der Waals surface area contributed by atoms with Gasteiger partial charge in [-0.05, 0) is 23.3 Å². The highest BCUT2D eigenvalue weighted by Crippen LogP contribution is 2.27. The smallest absolute Gasteiger partial charge is 0.413 e. The van der Waals surface area contributed by atoms with Crippen LogP contribution in [0.15, 0.2) is 84.9 Å². The van der Waals surface area contributed by atoms with Gasteiger partial charge in [-0.3, -0.25) is 5.32 Å². The van der Waals surface area contributed by atoms with Crippen molar-refractivity contribution in [3.63, 3.8) is 0 Å². The Kier molecular flexibility index (Phi) is 7.01. The third-order valence-corrected chi connectivity index (χ3v) is 3.89. The number of hydrogen-bond acceptors (Lipinski definition) is 5. The van der Waals surface area contributed by atoms with Crippen molar-refractivity contribution in [3.05, 3.63) is 96.1 Å². The minimum absolute atomic E-state index is 0.216. The Bertz CT molecular complexity index is 872. The monoisotopic (exact) mass is 378 g/mol. The van der Waals surface area contributed by atoms with E-state index in [2.05, 4.69) is 10.6 Å². The molecule has 0 unspecified atom stereocenters. The van der Waals surface area contributed by atoms with Gasteiger partial charge in [0.25, 0.3) is 6.41 Å². The predicted octanol–water partition coefficient (Wildman–Crippen LogP) is 3.42. The summed E-state index contributed by atoms with van der Waals surface area (Å²) in [5.74, 6) is 0.471. The van der Waals surface area contributed by atoms with Gasteiger partial charge in [-0.1, -0.05) is 72.8 Å². The lowest BCUT2D eigenvalue weighted by Crippen LogP contribution is -2.34. The van der Waals surface area contributed by atoms with Crippen LogP contribution in [0.2, 0.25) is 0 Å². The Hall–Kier alpha value is -3.35. The lowest BCUT2D eigenvalue weighted by atomic mass is 10.2. The second-order valence-electron chi connectivity index (χ2n) is 6.01. The van der Waals surface area contributed by atoms with Crippen LogP contribution in [0.25, 0.3) is 0 Å². The summed E-state index contributed by atoms with van der Waals surface area (Å²) in [7, 11) is 0. The molecular weight excluding hydrogens is 356 g/mol. The molecule has 0 aliphatic heterocycles. The fraction of sp³-hybridized carbons (Fsp3) is 0.136. The summed E-state index contributed by atoms with van der Waals surface area (Å²) in [5.41, 5.74) is 1.97. The summed E-state index contributed by atoms with van der Waals surface area (Å²) in [6.07, 6.45) is -1.86. The van der Waals surface area contributed by atoms with Gasteiger partial charge in [-0.25, -0.2) is 4.79 Å². The minimum Gasteiger partial charge on any atom is -0.448 e. The topological polar surface area (TPSA) is 79.8 Å². The lowest BCUT2D eigenvalue weighted by Gasteiger charge is -2.17. The number of ether oxygens (including phenoxy) is 2. The minimum atomic E-state index is -1.25. The summed E-state index contributed by atoms with van der Waals surface area (Å²) in [5, 5.41) is 15.6. The molecule has 0 saturated carbocycles. The Morgan fingerprint density at radius 3 is 1.96 bits per heavy atom. The van der Waals surface area contributed by atoms with Crippen LogP contribution in [0.5, 0.6) is 11.5 Å². The van der Waals surface area contributed by atoms with Crippen molar-refractivity contribution in [1.29, 1.82) is 0 Å². The third kappa shape index (κ3) is 6.12. The molecule has 28 heavy (non-hydrogen) atoms. The molecule has 0 heterocycles. The lowest BCUT2D eigenvalue weighted by molar-refractivity contribution is -0.0464. The van der Waals surface area contributed by atoms with Crippen LogP contribution in [0.1, 0.15) is 11.1 Å². The Labute approximate surface area is 163 Å². The fourth-order valence-corrected chi connectivity index (χ4v) is 2.50. The zero-order chi connectivity index (χ0) is 19.6. The first-order valence-corrected chi connectivity index (χ1v) is 8.91. The normalized spacial score (nSPS) is 11.5. The Morgan fingerprint density at radius 2 is 1.32 bits per heavy atom. The van der Waals surface area contributed by atoms with Gasteiger partial charge in [0.1, 0.15) is 0 Å². The first-order valence-electron chi connectivity index (χ1n) is 8.91. The van der Waals surface area contributed by atoms with E-state index in [-0.39, 0.29) is 11.5 Å². The van der Waals surface area contributed by atoms with E-state index in [4.69, 9.17) is 9.47 Å². The molecule has 144 valence electrons. The first-order chi connectivity index (χ1) is 13.7. The van der Waals surface area contributed by atoms with Gasteiger partial charge in [0.05, 0.1) is 0 Å². The molecule has 3 aromatic rings. The number of carbonyl (C=O) groups is 1. The van der Waals surface area contributed by atoms with Crippen molar-refractivity contribution in [1.82, 2.24) is 10.6 Å². The van der Waals surface area contributed by atoms with E-state index in [1.165, 1.54) is 0 Å². The second-order valence-corrected chi connectivity index (χ2v) is 6.01. The average molecular weight is 378 g/mol. The molecule has 0 radical (unpaired) electrons. The molecule has 0 fully saturated rings. The zero-order valence-electron chi connectivity index (χ0n) is 15.2. The largest absolute Gasteiger partial charge is 0.448 e. The number of hydrogen-bond donors (Lipinski definition) is 3. The second kappa shape index (κ2) is 10.1. The molecule has 0 spiro atoms. The van der Waals surface area contributed by atoms with E-state index in [1.807, 2.05) is 60.7 Å². The number of para-hydroxylation sites is 2. The van der Waals surface area contributed by atoms with Crippen LogP contribution in [-0.2, 0) is 13.1 Å². The predicted molar refractivity (Wildman–Crippen MR) is 106 cm³/mol.